The molecule has 1 aromatic rings. The number of piperidine rings is 1. The summed E-state index contributed by atoms with van der Waals surface area (Å²) < 4.78 is 39.5. The second kappa shape index (κ2) is 7.48. The summed E-state index contributed by atoms with van der Waals surface area (Å²) in [6, 6.07) is 1.21. The van der Waals surface area contributed by atoms with Gasteiger partial charge in [-0.1, -0.05) is 6.92 Å². The number of nitrogens with zero attached hydrogens (tertiary/aromatic N) is 1. The van der Waals surface area contributed by atoms with Gasteiger partial charge >= 0.3 is 0 Å². The Hall–Kier alpha value is -2.05. The molecule has 23 heavy (non-hydrogen) atoms. The van der Waals surface area contributed by atoms with Crippen LogP contribution in [0.3, 0.4) is 0 Å². The normalized spacial score (nSPS) is 17.9. The standard InChI is InChI=1S/C16H19F3N2O2/c1-2-4-14(22)20-11-5-3-6-21(9-11)16(23)10-7-12(17)15(19)13(18)8-10/h7-8,11H,2-6,9H2,1H3,(H,20,22). The van der Waals surface area contributed by atoms with Gasteiger partial charge < -0.3 is 10.2 Å². The lowest BCUT2D eigenvalue weighted by Crippen LogP contribution is -2.49. The van der Waals surface area contributed by atoms with E-state index >= 15 is 0 Å². The van der Waals surface area contributed by atoms with E-state index in [1.165, 1.54) is 4.90 Å². The molecule has 4 nitrogen and oxygen atoms in total. The van der Waals surface area contributed by atoms with Crippen molar-refractivity contribution in [1.29, 1.82) is 0 Å². The third-order valence-corrected chi connectivity index (χ3v) is 3.78. The lowest BCUT2D eigenvalue weighted by Gasteiger charge is -2.33. The summed E-state index contributed by atoms with van der Waals surface area (Å²) >= 11 is 0. The molecule has 1 N–H and O–H groups in total. The maximum Gasteiger partial charge on any atom is 0.254 e. The monoisotopic (exact) mass is 328 g/mol. The highest BCUT2D eigenvalue weighted by Crippen LogP contribution is 2.18. The van der Waals surface area contributed by atoms with Gasteiger partial charge in [-0.2, -0.15) is 0 Å². The molecule has 2 rings (SSSR count). The van der Waals surface area contributed by atoms with E-state index in [0.29, 0.717) is 31.5 Å². The number of carbonyl (C=O) groups excluding carboxylic acids is 2. The molecule has 126 valence electrons. The molecule has 1 aliphatic rings. The van der Waals surface area contributed by atoms with Gasteiger partial charge in [0.15, 0.2) is 17.5 Å². The minimum Gasteiger partial charge on any atom is -0.352 e. The van der Waals surface area contributed by atoms with Crippen molar-refractivity contribution in [1.82, 2.24) is 10.2 Å². The van der Waals surface area contributed by atoms with Crippen LogP contribution in [0.1, 0.15) is 43.0 Å². The van der Waals surface area contributed by atoms with Crippen LogP contribution < -0.4 is 5.32 Å². The molecule has 7 heteroatoms. The Labute approximate surface area is 132 Å². The zero-order valence-electron chi connectivity index (χ0n) is 12.9. The van der Waals surface area contributed by atoms with E-state index in [4.69, 9.17) is 0 Å². The molecule has 2 amide bonds. The fourth-order valence-electron chi connectivity index (χ4n) is 2.67. The summed E-state index contributed by atoms with van der Waals surface area (Å²) in [6.07, 6.45) is 2.56. The van der Waals surface area contributed by atoms with Gasteiger partial charge in [0.25, 0.3) is 5.91 Å². The highest BCUT2D eigenvalue weighted by molar-refractivity contribution is 5.94. The first-order valence-electron chi connectivity index (χ1n) is 7.65. The first-order valence-corrected chi connectivity index (χ1v) is 7.65. The third-order valence-electron chi connectivity index (χ3n) is 3.78. The second-order valence-corrected chi connectivity index (χ2v) is 5.66. The highest BCUT2D eigenvalue weighted by Gasteiger charge is 2.26. The molecule has 1 aromatic carbocycles. The number of rotatable bonds is 4. The Balaban J connectivity index is 2.06. The number of amides is 2. The summed E-state index contributed by atoms with van der Waals surface area (Å²) in [7, 11) is 0. The van der Waals surface area contributed by atoms with E-state index in [1.807, 2.05) is 6.92 Å². The Kier molecular flexibility index (Phi) is 5.63. The first-order chi connectivity index (χ1) is 10.9. The van der Waals surface area contributed by atoms with Crippen molar-refractivity contribution in [2.45, 2.75) is 38.6 Å². The number of nitrogens with one attached hydrogen (secondary N) is 1. The Bertz CT molecular complexity index is 584. The summed E-state index contributed by atoms with van der Waals surface area (Å²) in [6.45, 7) is 2.60. The zero-order valence-corrected chi connectivity index (χ0v) is 12.9. The molecule has 1 aliphatic heterocycles. The quantitative estimate of drug-likeness (QED) is 0.864. The molecule has 1 atom stereocenters. The van der Waals surface area contributed by atoms with Gasteiger partial charge in [-0.25, -0.2) is 13.2 Å². The van der Waals surface area contributed by atoms with Gasteiger partial charge in [0.1, 0.15) is 0 Å². The van der Waals surface area contributed by atoms with E-state index in [9.17, 15) is 22.8 Å². The van der Waals surface area contributed by atoms with Crippen molar-refractivity contribution in [3.8, 4) is 0 Å². The molecule has 0 aromatic heterocycles. The van der Waals surface area contributed by atoms with Crippen LogP contribution >= 0.6 is 0 Å². The summed E-state index contributed by atoms with van der Waals surface area (Å²) in [5.41, 5.74) is -0.234. The predicted molar refractivity (Wildman–Crippen MR) is 78.3 cm³/mol. The van der Waals surface area contributed by atoms with Gasteiger partial charge in [0, 0.05) is 31.1 Å². The van der Waals surface area contributed by atoms with Gasteiger partial charge in [-0.15, -0.1) is 0 Å². The minimum atomic E-state index is -1.59. The Morgan fingerprint density at radius 2 is 1.91 bits per heavy atom. The summed E-state index contributed by atoms with van der Waals surface area (Å²) in [5, 5.41) is 2.85. The van der Waals surface area contributed by atoms with Gasteiger partial charge in [-0.3, -0.25) is 9.59 Å². The van der Waals surface area contributed by atoms with Crippen LogP contribution in [0.4, 0.5) is 13.2 Å². The Morgan fingerprint density at radius 3 is 2.52 bits per heavy atom. The number of carbonyl (C=O) groups is 2. The van der Waals surface area contributed by atoms with Crippen molar-refractivity contribution in [3.63, 3.8) is 0 Å². The molecule has 0 radical (unpaired) electrons. The highest BCUT2D eigenvalue weighted by atomic mass is 19.2. The molecule has 0 bridgehead atoms. The average Bonchev–Trinajstić information content (AvgIpc) is 2.52. The lowest BCUT2D eigenvalue weighted by atomic mass is 10.0. The minimum absolute atomic E-state index is 0.0781. The molecule has 0 saturated carbocycles. The van der Waals surface area contributed by atoms with E-state index in [0.717, 1.165) is 12.8 Å². The van der Waals surface area contributed by atoms with Gasteiger partial charge in [0.2, 0.25) is 5.91 Å². The fraction of sp³-hybridized carbons (Fsp3) is 0.500. The molecular weight excluding hydrogens is 309 g/mol. The summed E-state index contributed by atoms with van der Waals surface area (Å²) in [4.78, 5) is 25.4. The molecule has 0 aliphatic carbocycles. The van der Waals surface area contributed by atoms with Crippen molar-refractivity contribution >= 4 is 11.8 Å². The van der Waals surface area contributed by atoms with Crippen molar-refractivity contribution in [2.24, 2.45) is 0 Å². The zero-order chi connectivity index (χ0) is 17.0. The number of hydrogen-bond acceptors (Lipinski definition) is 2. The summed E-state index contributed by atoms with van der Waals surface area (Å²) in [5.74, 6) is -5.02. The fourth-order valence-corrected chi connectivity index (χ4v) is 2.67. The Morgan fingerprint density at radius 1 is 1.26 bits per heavy atom. The van der Waals surface area contributed by atoms with Crippen LogP contribution in [0.5, 0.6) is 0 Å². The largest absolute Gasteiger partial charge is 0.352 e. The van der Waals surface area contributed by atoms with Crippen molar-refractivity contribution in [2.75, 3.05) is 13.1 Å². The third kappa shape index (κ3) is 4.24. The van der Waals surface area contributed by atoms with Crippen molar-refractivity contribution in [3.05, 3.63) is 35.1 Å². The van der Waals surface area contributed by atoms with E-state index in [-0.39, 0.29) is 24.1 Å². The number of hydrogen-bond donors (Lipinski definition) is 1. The first kappa shape index (κ1) is 17.3. The van der Waals surface area contributed by atoms with Gasteiger partial charge in [0.05, 0.1) is 0 Å². The van der Waals surface area contributed by atoms with E-state index in [1.54, 1.807) is 0 Å². The predicted octanol–water partition coefficient (Wildman–Crippen LogP) is 2.62. The number of likely N-dealkylation sites (tertiary alicyclic amines) is 1. The average molecular weight is 328 g/mol. The van der Waals surface area contributed by atoms with Gasteiger partial charge in [-0.05, 0) is 31.4 Å². The van der Waals surface area contributed by atoms with Crippen LogP contribution in [0.15, 0.2) is 12.1 Å². The maximum atomic E-state index is 13.3. The van der Waals surface area contributed by atoms with Crippen LogP contribution in [0, 0.1) is 17.5 Å². The lowest BCUT2D eigenvalue weighted by molar-refractivity contribution is -0.122. The molecular formula is C16H19F3N2O2. The van der Waals surface area contributed by atoms with Crippen LogP contribution in [-0.4, -0.2) is 35.8 Å². The maximum absolute atomic E-state index is 13.3. The van der Waals surface area contributed by atoms with Crippen LogP contribution in [0.25, 0.3) is 0 Å². The smallest absolute Gasteiger partial charge is 0.254 e. The molecule has 1 fully saturated rings. The molecule has 1 unspecified atom stereocenters. The molecule has 1 heterocycles. The molecule has 1 saturated heterocycles. The number of halogens is 3. The second-order valence-electron chi connectivity index (χ2n) is 5.66. The molecule has 0 spiro atoms. The van der Waals surface area contributed by atoms with E-state index < -0.39 is 23.4 Å². The number of benzene rings is 1. The van der Waals surface area contributed by atoms with E-state index in [2.05, 4.69) is 5.32 Å². The SMILES string of the molecule is CCCC(=O)NC1CCCN(C(=O)c2cc(F)c(F)c(F)c2)C1. The van der Waals surface area contributed by atoms with Crippen LogP contribution in [-0.2, 0) is 4.79 Å². The van der Waals surface area contributed by atoms with Crippen molar-refractivity contribution < 1.29 is 22.8 Å². The topological polar surface area (TPSA) is 49.4 Å². The van der Waals surface area contributed by atoms with Crippen LogP contribution in [0.2, 0.25) is 0 Å².